The number of hydrogen-bond donors (Lipinski definition) is 3. The van der Waals surface area contributed by atoms with Crippen LogP contribution < -0.4 is 10.6 Å². The lowest BCUT2D eigenvalue weighted by Gasteiger charge is -2.14. The molecule has 0 aromatic carbocycles. The minimum absolute atomic E-state index is 0.0902. The molecule has 5 nitrogen and oxygen atoms in total. The number of nitrogens with zero attached hydrogens (tertiary/aromatic N) is 2. The zero-order chi connectivity index (χ0) is 13.8. The Labute approximate surface area is 102 Å². The monoisotopic (exact) mass is 264 g/mol. The van der Waals surface area contributed by atoms with Gasteiger partial charge in [-0.25, -0.2) is 4.98 Å². The number of hydrogen-bond acceptors (Lipinski definition) is 5. The number of alkyl halides is 3. The fourth-order valence-corrected chi connectivity index (χ4v) is 1.19. The maximum atomic E-state index is 12.6. The average Bonchev–Trinajstić information content (AvgIpc) is 2.27. The summed E-state index contributed by atoms with van der Waals surface area (Å²) in [7, 11) is 0. The van der Waals surface area contributed by atoms with Gasteiger partial charge in [-0.1, -0.05) is 0 Å². The van der Waals surface area contributed by atoms with Crippen molar-refractivity contribution in [3.05, 3.63) is 11.8 Å². The first kappa shape index (κ1) is 14.5. The Balaban J connectivity index is 3.06. The second-order valence-corrected chi connectivity index (χ2v) is 3.72. The molecule has 0 amide bonds. The lowest BCUT2D eigenvalue weighted by Crippen LogP contribution is -2.22. The second-order valence-electron chi connectivity index (χ2n) is 3.72. The summed E-state index contributed by atoms with van der Waals surface area (Å²) in [6.45, 7) is 3.58. The van der Waals surface area contributed by atoms with Gasteiger partial charge in [-0.15, -0.1) is 0 Å². The van der Waals surface area contributed by atoms with Crippen molar-refractivity contribution in [2.75, 3.05) is 23.8 Å². The van der Waals surface area contributed by atoms with Gasteiger partial charge in [0.25, 0.3) is 0 Å². The SMILES string of the molecule is CCNc1cc(C(F)(F)F)nc(N[C@H](C)CO)n1. The third-order valence-electron chi connectivity index (χ3n) is 2.02. The number of anilines is 2. The highest BCUT2D eigenvalue weighted by Gasteiger charge is 2.33. The van der Waals surface area contributed by atoms with Gasteiger partial charge in [0.1, 0.15) is 5.82 Å². The van der Waals surface area contributed by atoms with Crippen LogP contribution in [0.1, 0.15) is 19.5 Å². The smallest absolute Gasteiger partial charge is 0.394 e. The number of aliphatic hydroxyl groups is 1. The lowest BCUT2D eigenvalue weighted by atomic mass is 10.3. The van der Waals surface area contributed by atoms with Crippen LogP contribution in [0.5, 0.6) is 0 Å². The number of aromatic nitrogens is 2. The minimum Gasteiger partial charge on any atom is -0.394 e. The van der Waals surface area contributed by atoms with Crippen LogP contribution in [-0.2, 0) is 6.18 Å². The zero-order valence-electron chi connectivity index (χ0n) is 10.0. The molecule has 3 N–H and O–H groups in total. The van der Waals surface area contributed by atoms with Crippen LogP contribution in [0.15, 0.2) is 6.07 Å². The maximum absolute atomic E-state index is 12.6. The quantitative estimate of drug-likeness (QED) is 0.755. The summed E-state index contributed by atoms with van der Waals surface area (Å²) in [5, 5.41) is 14.1. The predicted molar refractivity (Wildman–Crippen MR) is 61.4 cm³/mol. The molecule has 1 heterocycles. The molecule has 0 saturated carbocycles. The maximum Gasteiger partial charge on any atom is 0.433 e. The van der Waals surface area contributed by atoms with Crippen molar-refractivity contribution in [1.29, 1.82) is 0 Å². The van der Waals surface area contributed by atoms with Crippen LogP contribution >= 0.6 is 0 Å². The molecule has 102 valence electrons. The van der Waals surface area contributed by atoms with E-state index >= 15 is 0 Å². The topological polar surface area (TPSA) is 70.1 Å². The van der Waals surface area contributed by atoms with Gasteiger partial charge in [-0.3, -0.25) is 0 Å². The van der Waals surface area contributed by atoms with Crippen LogP contribution in [0, 0.1) is 0 Å². The molecule has 1 atom stereocenters. The van der Waals surface area contributed by atoms with Gasteiger partial charge in [-0.05, 0) is 13.8 Å². The molecular weight excluding hydrogens is 249 g/mol. The fraction of sp³-hybridized carbons (Fsp3) is 0.600. The molecule has 0 radical (unpaired) electrons. The Hall–Kier alpha value is -1.57. The summed E-state index contributed by atoms with van der Waals surface area (Å²) >= 11 is 0. The molecule has 8 heteroatoms. The van der Waals surface area contributed by atoms with Gasteiger partial charge in [0.15, 0.2) is 5.69 Å². The van der Waals surface area contributed by atoms with E-state index in [1.165, 1.54) is 0 Å². The van der Waals surface area contributed by atoms with Gasteiger partial charge < -0.3 is 15.7 Å². The van der Waals surface area contributed by atoms with E-state index in [1.54, 1.807) is 13.8 Å². The van der Waals surface area contributed by atoms with E-state index in [2.05, 4.69) is 20.6 Å². The summed E-state index contributed by atoms with van der Waals surface area (Å²) < 4.78 is 37.8. The van der Waals surface area contributed by atoms with Crippen molar-refractivity contribution in [3.8, 4) is 0 Å². The van der Waals surface area contributed by atoms with E-state index in [0.29, 0.717) is 6.54 Å². The highest BCUT2D eigenvalue weighted by atomic mass is 19.4. The Bertz CT molecular complexity index is 397. The highest BCUT2D eigenvalue weighted by molar-refractivity contribution is 5.43. The summed E-state index contributed by atoms with van der Waals surface area (Å²) in [4.78, 5) is 7.26. The van der Waals surface area contributed by atoms with Gasteiger partial charge in [0, 0.05) is 18.7 Å². The second kappa shape index (κ2) is 5.85. The number of halogens is 3. The molecule has 0 saturated heterocycles. The molecule has 0 unspecified atom stereocenters. The van der Waals surface area contributed by atoms with Gasteiger partial charge in [-0.2, -0.15) is 18.2 Å². The first-order chi connectivity index (χ1) is 8.36. The molecule has 1 aromatic heterocycles. The van der Waals surface area contributed by atoms with Crippen molar-refractivity contribution in [1.82, 2.24) is 9.97 Å². The largest absolute Gasteiger partial charge is 0.433 e. The normalized spacial score (nSPS) is 13.2. The first-order valence-electron chi connectivity index (χ1n) is 5.44. The van der Waals surface area contributed by atoms with Gasteiger partial charge >= 0.3 is 6.18 Å². The molecule has 0 fully saturated rings. The molecule has 0 aliphatic carbocycles. The standard InChI is InChI=1S/C10H15F3N4O/c1-3-14-8-4-7(10(11,12)13)16-9(17-8)15-6(2)5-18/h4,6,18H,3,5H2,1-2H3,(H2,14,15,16,17)/t6-/m1/s1. The van der Waals surface area contributed by atoms with Crippen LogP contribution in [-0.4, -0.2) is 34.3 Å². The lowest BCUT2D eigenvalue weighted by molar-refractivity contribution is -0.141. The molecule has 1 aromatic rings. The molecule has 0 aliphatic rings. The van der Waals surface area contributed by atoms with Crippen molar-refractivity contribution in [2.24, 2.45) is 0 Å². The highest BCUT2D eigenvalue weighted by Crippen LogP contribution is 2.29. The van der Waals surface area contributed by atoms with E-state index in [1.807, 2.05) is 0 Å². The fourth-order valence-electron chi connectivity index (χ4n) is 1.19. The minimum atomic E-state index is -4.54. The number of rotatable bonds is 5. The van der Waals surface area contributed by atoms with Gasteiger partial charge in [0.05, 0.1) is 6.61 Å². The predicted octanol–water partition coefficient (Wildman–Crippen LogP) is 1.72. The van der Waals surface area contributed by atoms with Gasteiger partial charge in [0.2, 0.25) is 5.95 Å². The Kier molecular flexibility index (Phi) is 4.71. The van der Waals surface area contributed by atoms with Crippen LogP contribution in [0.3, 0.4) is 0 Å². The number of nitrogens with one attached hydrogen (secondary N) is 2. The van der Waals surface area contributed by atoms with Crippen LogP contribution in [0.2, 0.25) is 0 Å². The number of aliphatic hydroxyl groups excluding tert-OH is 1. The summed E-state index contributed by atoms with van der Waals surface area (Å²) in [5.41, 5.74) is -1.03. The first-order valence-corrected chi connectivity index (χ1v) is 5.44. The summed E-state index contributed by atoms with van der Waals surface area (Å²) in [6.07, 6.45) is -4.54. The van der Waals surface area contributed by atoms with Crippen molar-refractivity contribution in [3.63, 3.8) is 0 Å². The molecule has 18 heavy (non-hydrogen) atoms. The van der Waals surface area contributed by atoms with E-state index < -0.39 is 17.9 Å². The molecule has 0 spiro atoms. The third-order valence-corrected chi connectivity index (χ3v) is 2.02. The van der Waals surface area contributed by atoms with Crippen LogP contribution in [0.25, 0.3) is 0 Å². The molecule has 0 aliphatic heterocycles. The Morgan fingerprint density at radius 2 is 2.06 bits per heavy atom. The van der Waals surface area contributed by atoms with E-state index in [9.17, 15) is 13.2 Å². The molecular formula is C10H15F3N4O. The van der Waals surface area contributed by atoms with E-state index in [4.69, 9.17) is 5.11 Å². The Morgan fingerprint density at radius 3 is 2.56 bits per heavy atom. The van der Waals surface area contributed by atoms with Crippen LogP contribution in [0.4, 0.5) is 24.9 Å². The summed E-state index contributed by atoms with van der Waals surface area (Å²) in [6, 6.07) is 0.418. The molecule has 1 rings (SSSR count). The third kappa shape index (κ3) is 4.02. The van der Waals surface area contributed by atoms with E-state index in [-0.39, 0.29) is 18.4 Å². The zero-order valence-corrected chi connectivity index (χ0v) is 10.0. The van der Waals surface area contributed by atoms with Crippen molar-refractivity contribution in [2.45, 2.75) is 26.1 Å². The van der Waals surface area contributed by atoms with Crippen molar-refractivity contribution < 1.29 is 18.3 Å². The van der Waals surface area contributed by atoms with E-state index in [0.717, 1.165) is 6.07 Å². The average molecular weight is 264 g/mol. The summed E-state index contributed by atoms with van der Waals surface area (Å²) in [5.74, 6) is -0.0743. The molecule has 0 bridgehead atoms. The Morgan fingerprint density at radius 1 is 1.39 bits per heavy atom. The van der Waals surface area contributed by atoms with Crippen molar-refractivity contribution >= 4 is 11.8 Å².